The molecule has 0 unspecified atom stereocenters. The van der Waals surface area contributed by atoms with Gasteiger partial charge in [-0.05, 0) is 29.8 Å². The van der Waals surface area contributed by atoms with E-state index in [2.05, 4.69) is 20.5 Å². The van der Waals surface area contributed by atoms with Crippen molar-refractivity contribution in [3.05, 3.63) is 71.4 Å². The van der Waals surface area contributed by atoms with Gasteiger partial charge in [0.2, 0.25) is 0 Å². The maximum Gasteiger partial charge on any atom is 0.411 e. The Morgan fingerprint density at radius 1 is 1.16 bits per heavy atom. The number of amides is 2. The Kier molecular flexibility index (Phi) is 6.75. The number of aromatic nitrogens is 2. The molecule has 0 bridgehead atoms. The largest absolute Gasteiger partial charge is 0.467 e. The van der Waals surface area contributed by atoms with E-state index in [9.17, 15) is 22.8 Å². The Hall–Kier alpha value is -3.60. The maximum absolute atomic E-state index is 12.5. The number of halogens is 3. The lowest BCUT2D eigenvalue weighted by molar-refractivity contribution is -0.176. The lowest BCUT2D eigenvalue weighted by Crippen LogP contribution is -2.25. The average molecular weight is 436 g/mol. The van der Waals surface area contributed by atoms with Crippen molar-refractivity contribution in [3.63, 3.8) is 0 Å². The van der Waals surface area contributed by atoms with Crippen molar-refractivity contribution in [1.82, 2.24) is 15.1 Å². The molecule has 0 spiro atoms. The summed E-state index contributed by atoms with van der Waals surface area (Å²) in [4.78, 5) is 25.0. The summed E-state index contributed by atoms with van der Waals surface area (Å²) in [7, 11) is 1.61. The van der Waals surface area contributed by atoms with Gasteiger partial charge in [-0.25, -0.2) is 0 Å². The van der Waals surface area contributed by atoms with Gasteiger partial charge in [-0.2, -0.15) is 18.3 Å². The highest BCUT2D eigenvalue weighted by atomic mass is 19.4. The summed E-state index contributed by atoms with van der Waals surface area (Å²) < 4.78 is 47.5. The van der Waals surface area contributed by atoms with Crippen LogP contribution >= 0.6 is 0 Å². The van der Waals surface area contributed by atoms with Crippen LogP contribution in [0, 0.1) is 0 Å². The fourth-order valence-electron chi connectivity index (χ4n) is 2.64. The molecule has 2 amide bonds. The van der Waals surface area contributed by atoms with E-state index in [1.807, 2.05) is 0 Å². The molecule has 0 aliphatic carbocycles. The van der Waals surface area contributed by atoms with Crippen molar-refractivity contribution in [3.8, 4) is 0 Å². The molecule has 2 N–H and O–H groups in total. The van der Waals surface area contributed by atoms with E-state index in [1.54, 1.807) is 19.2 Å². The van der Waals surface area contributed by atoms with Crippen molar-refractivity contribution in [2.45, 2.75) is 19.3 Å². The van der Waals surface area contributed by atoms with E-state index in [0.29, 0.717) is 11.3 Å². The standard InChI is InChI=1S/C20H19F3N4O4/c1-27-10-16(17(26-27)19(29)24-9-15-3-2-8-31-15)25-18(28)14-6-4-13(5-7-14)11-30-12-20(21,22)23/h2-8,10H,9,11-12H2,1H3,(H,24,29)(H,25,28). The number of nitrogens with zero attached hydrogens (tertiary/aromatic N) is 2. The molecule has 0 saturated heterocycles. The lowest BCUT2D eigenvalue weighted by atomic mass is 10.1. The normalized spacial score (nSPS) is 11.4. The molecule has 0 aliphatic rings. The highest BCUT2D eigenvalue weighted by Crippen LogP contribution is 2.17. The zero-order chi connectivity index (χ0) is 22.4. The summed E-state index contributed by atoms with van der Waals surface area (Å²) in [6.45, 7) is -1.42. The summed E-state index contributed by atoms with van der Waals surface area (Å²) in [5, 5.41) is 9.35. The van der Waals surface area contributed by atoms with E-state index >= 15 is 0 Å². The van der Waals surface area contributed by atoms with Gasteiger partial charge in [0.05, 0.1) is 25.1 Å². The third-order valence-electron chi connectivity index (χ3n) is 4.05. The van der Waals surface area contributed by atoms with Crippen LogP contribution in [0.15, 0.2) is 53.3 Å². The van der Waals surface area contributed by atoms with Crippen molar-refractivity contribution in [2.24, 2.45) is 7.05 Å². The lowest BCUT2D eigenvalue weighted by Gasteiger charge is -2.09. The first-order valence-corrected chi connectivity index (χ1v) is 9.10. The van der Waals surface area contributed by atoms with E-state index in [1.165, 1.54) is 41.4 Å². The quantitative estimate of drug-likeness (QED) is 0.565. The molecule has 31 heavy (non-hydrogen) atoms. The van der Waals surface area contributed by atoms with E-state index in [-0.39, 0.29) is 30.1 Å². The number of carbonyl (C=O) groups is 2. The van der Waals surface area contributed by atoms with Crippen LogP contribution in [0.4, 0.5) is 18.9 Å². The highest BCUT2D eigenvalue weighted by Gasteiger charge is 2.27. The number of hydrogen-bond acceptors (Lipinski definition) is 5. The molecule has 11 heteroatoms. The predicted octanol–water partition coefficient (Wildman–Crippen LogP) is 3.27. The van der Waals surface area contributed by atoms with Crippen LogP contribution in [-0.4, -0.2) is 34.4 Å². The maximum atomic E-state index is 12.5. The van der Waals surface area contributed by atoms with Gasteiger partial charge in [-0.3, -0.25) is 14.3 Å². The van der Waals surface area contributed by atoms with Gasteiger partial charge in [-0.15, -0.1) is 0 Å². The first-order valence-electron chi connectivity index (χ1n) is 9.10. The SMILES string of the molecule is Cn1cc(NC(=O)c2ccc(COCC(F)(F)F)cc2)c(C(=O)NCc2ccco2)n1. The molecular formula is C20H19F3N4O4. The first kappa shape index (κ1) is 22.1. The van der Waals surface area contributed by atoms with Crippen LogP contribution in [0.25, 0.3) is 0 Å². The number of carbonyl (C=O) groups excluding carboxylic acids is 2. The Balaban J connectivity index is 1.60. The Labute approximate surface area is 175 Å². The van der Waals surface area contributed by atoms with Gasteiger partial charge in [0.15, 0.2) is 5.69 Å². The van der Waals surface area contributed by atoms with Crippen molar-refractivity contribution in [2.75, 3.05) is 11.9 Å². The van der Waals surface area contributed by atoms with Crippen molar-refractivity contribution < 1.29 is 31.9 Å². The van der Waals surface area contributed by atoms with E-state index < -0.39 is 24.6 Å². The Morgan fingerprint density at radius 3 is 2.55 bits per heavy atom. The number of rotatable bonds is 8. The third kappa shape index (κ3) is 6.44. The Bertz CT molecular complexity index is 1030. The summed E-state index contributed by atoms with van der Waals surface area (Å²) in [5.74, 6) is -0.436. The van der Waals surface area contributed by atoms with Gasteiger partial charge >= 0.3 is 6.18 Å². The molecule has 0 saturated carbocycles. The summed E-state index contributed by atoms with van der Waals surface area (Å²) in [5.41, 5.74) is 0.979. The average Bonchev–Trinajstić information content (AvgIpc) is 3.35. The number of aryl methyl sites for hydroxylation is 1. The fourth-order valence-corrected chi connectivity index (χ4v) is 2.64. The van der Waals surface area contributed by atoms with Crippen LogP contribution in [0.1, 0.15) is 32.2 Å². The molecule has 0 fully saturated rings. The van der Waals surface area contributed by atoms with Gasteiger partial charge in [0.25, 0.3) is 11.8 Å². The van der Waals surface area contributed by atoms with E-state index in [0.717, 1.165) is 0 Å². The topological polar surface area (TPSA) is 98.4 Å². The van der Waals surface area contributed by atoms with Crippen molar-refractivity contribution >= 4 is 17.5 Å². The molecule has 3 rings (SSSR count). The zero-order valence-corrected chi connectivity index (χ0v) is 16.4. The number of hydrogen-bond donors (Lipinski definition) is 2. The molecule has 0 radical (unpaired) electrons. The Morgan fingerprint density at radius 2 is 1.90 bits per heavy atom. The first-order chi connectivity index (χ1) is 14.7. The van der Waals surface area contributed by atoms with Crippen LogP contribution in [0.2, 0.25) is 0 Å². The van der Waals surface area contributed by atoms with Crippen LogP contribution in [-0.2, 0) is 24.9 Å². The fraction of sp³-hybridized carbons (Fsp3) is 0.250. The second kappa shape index (κ2) is 9.47. The summed E-state index contributed by atoms with van der Waals surface area (Å²) >= 11 is 0. The van der Waals surface area contributed by atoms with Crippen LogP contribution in [0.5, 0.6) is 0 Å². The number of furan rings is 1. The molecule has 1 aromatic carbocycles. The second-order valence-corrected chi connectivity index (χ2v) is 6.59. The van der Waals surface area contributed by atoms with Crippen molar-refractivity contribution in [1.29, 1.82) is 0 Å². The minimum absolute atomic E-state index is 0.0274. The predicted molar refractivity (Wildman–Crippen MR) is 103 cm³/mol. The minimum atomic E-state index is -4.40. The minimum Gasteiger partial charge on any atom is -0.467 e. The molecule has 0 atom stereocenters. The smallest absolute Gasteiger partial charge is 0.411 e. The second-order valence-electron chi connectivity index (χ2n) is 6.59. The van der Waals surface area contributed by atoms with Crippen LogP contribution < -0.4 is 10.6 Å². The number of nitrogens with one attached hydrogen (secondary N) is 2. The summed E-state index contributed by atoms with van der Waals surface area (Å²) in [6, 6.07) is 9.29. The van der Waals surface area contributed by atoms with E-state index in [4.69, 9.17) is 4.42 Å². The molecule has 8 nitrogen and oxygen atoms in total. The number of ether oxygens (including phenoxy) is 1. The summed E-state index contributed by atoms with van der Waals surface area (Å²) in [6.07, 6.45) is -1.42. The molecule has 0 aliphatic heterocycles. The third-order valence-corrected chi connectivity index (χ3v) is 4.05. The highest BCUT2D eigenvalue weighted by molar-refractivity contribution is 6.08. The van der Waals surface area contributed by atoms with Gasteiger partial charge in [0, 0.05) is 18.8 Å². The van der Waals surface area contributed by atoms with Gasteiger partial charge < -0.3 is 19.8 Å². The van der Waals surface area contributed by atoms with Crippen LogP contribution in [0.3, 0.4) is 0 Å². The van der Waals surface area contributed by atoms with Gasteiger partial charge in [-0.1, -0.05) is 12.1 Å². The number of alkyl halides is 3. The number of benzene rings is 1. The zero-order valence-electron chi connectivity index (χ0n) is 16.4. The number of anilines is 1. The molecular weight excluding hydrogens is 417 g/mol. The molecule has 164 valence electrons. The van der Waals surface area contributed by atoms with Gasteiger partial charge in [0.1, 0.15) is 12.4 Å². The molecule has 2 aromatic heterocycles. The monoisotopic (exact) mass is 436 g/mol. The molecule has 2 heterocycles. The molecule has 3 aromatic rings.